The number of hydrogen-bond acceptors (Lipinski definition) is 8. The van der Waals surface area contributed by atoms with E-state index in [0.29, 0.717) is 24.2 Å². The summed E-state index contributed by atoms with van der Waals surface area (Å²) >= 11 is 1.62. The van der Waals surface area contributed by atoms with Crippen LogP contribution in [0.25, 0.3) is 43.5 Å². The topological polar surface area (TPSA) is 123 Å². The summed E-state index contributed by atoms with van der Waals surface area (Å²) < 4.78 is 9.05. The number of furan rings is 1. The van der Waals surface area contributed by atoms with Crippen LogP contribution in [-0.4, -0.2) is 42.2 Å². The second-order valence-electron chi connectivity index (χ2n) is 7.90. The SMILES string of the molecule is Nc1ncc(-c2cnn(C3CC(O)C(O)C3)c2)c2cc(-c3csc4cnccc34)oc12. The molecule has 4 N–H and O–H groups in total. The van der Waals surface area contributed by atoms with Gasteiger partial charge in [-0.1, -0.05) is 0 Å². The van der Waals surface area contributed by atoms with Crippen LogP contribution in [0.1, 0.15) is 18.9 Å². The van der Waals surface area contributed by atoms with Crippen LogP contribution in [-0.2, 0) is 0 Å². The van der Waals surface area contributed by atoms with E-state index in [1.54, 1.807) is 34.6 Å². The molecule has 5 aromatic rings. The maximum Gasteiger partial charge on any atom is 0.177 e. The third-order valence-corrected chi connectivity index (χ3v) is 6.92. The summed E-state index contributed by atoms with van der Waals surface area (Å²) in [5.41, 5.74) is 9.41. The van der Waals surface area contributed by atoms with Gasteiger partial charge < -0.3 is 20.4 Å². The molecule has 0 saturated heterocycles. The number of nitrogen functional groups attached to an aromatic ring is 1. The lowest BCUT2D eigenvalue weighted by Crippen LogP contribution is -2.17. The van der Waals surface area contributed by atoms with Gasteiger partial charge in [0.1, 0.15) is 5.76 Å². The molecule has 0 spiro atoms. The monoisotopic (exact) mass is 433 g/mol. The molecular formula is C22H19N5O3S. The Labute approximate surface area is 180 Å². The van der Waals surface area contributed by atoms with Crippen molar-refractivity contribution in [1.29, 1.82) is 0 Å². The summed E-state index contributed by atoms with van der Waals surface area (Å²) in [6.07, 6.45) is 8.56. The van der Waals surface area contributed by atoms with E-state index < -0.39 is 12.2 Å². The van der Waals surface area contributed by atoms with Crippen molar-refractivity contribution < 1.29 is 14.6 Å². The predicted octanol–water partition coefficient (Wildman–Crippen LogP) is 3.61. The number of rotatable bonds is 3. The Bertz CT molecular complexity index is 1410. The van der Waals surface area contributed by atoms with Crippen molar-refractivity contribution in [3.05, 3.63) is 48.5 Å². The lowest BCUT2D eigenvalue weighted by Gasteiger charge is -2.09. The summed E-state index contributed by atoms with van der Waals surface area (Å²) in [5, 5.41) is 28.2. The van der Waals surface area contributed by atoms with Crippen molar-refractivity contribution in [3.8, 4) is 22.5 Å². The zero-order chi connectivity index (χ0) is 21.1. The van der Waals surface area contributed by atoms with Gasteiger partial charge in [-0.2, -0.15) is 5.10 Å². The zero-order valence-corrected chi connectivity index (χ0v) is 17.2. The molecule has 0 aliphatic heterocycles. The normalized spacial score (nSPS) is 21.4. The molecule has 5 aromatic heterocycles. The molecule has 2 atom stereocenters. The molecule has 0 amide bonds. The number of fused-ring (bicyclic) bond motifs is 2. The number of aromatic nitrogens is 4. The van der Waals surface area contributed by atoms with Gasteiger partial charge in [-0.3, -0.25) is 9.67 Å². The number of hydrogen-bond donors (Lipinski definition) is 3. The minimum atomic E-state index is -0.713. The number of aliphatic hydroxyl groups is 2. The maximum atomic E-state index is 9.86. The molecule has 31 heavy (non-hydrogen) atoms. The Balaban J connectivity index is 1.44. The van der Waals surface area contributed by atoms with Gasteiger partial charge in [0.05, 0.1) is 29.1 Å². The minimum absolute atomic E-state index is 0.0401. The predicted molar refractivity (Wildman–Crippen MR) is 119 cm³/mol. The van der Waals surface area contributed by atoms with Crippen LogP contribution < -0.4 is 5.73 Å². The second-order valence-corrected chi connectivity index (χ2v) is 8.81. The molecule has 8 nitrogen and oxygen atoms in total. The first-order chi connectivity index (χ1) is 15.1. The second kappa shape index (κ2) is 6.88. The number of aliphatic hydroxyl groups excluding tert-OH is 2. The summed E-state index contributed by atoms with van der Waals surface area (Å²) in [7, 11) is 0. The molecule has 1 aliphatic carbocycles. The number of anilines is 1. The largest absolute Gasteiger partial charge is 0.452 e. The van der Waals surface area contributed by atoms with Crippen LogP contribution in [0.3, 0.4) is 0 Å². The van der Waals surface area contributed by atoms with E-state index in [0.717, 1.165) is 37.9 Å². The average molecular weight is 433 g/mol. The van der Waals surface area contributed by atoms with Crippen LogP contribution in [0.4, 0.5) is 5.82 Å². The van der Waals surface area contributed by atoms with Crippen molar-refractivity contribution >= 4 is 38.2 Å². The van der Waals surface area contributed by atoms with Gasteiger partial charge in [0.25, 0.3) is 0 Å². The number of nitrogens with two attached hydrogens (primary N) is 1. The fourth-order valence-corrected chi connectivity index (χ4v) is 5.25. The Hall–Kier alpha value is -3.27. The molecule has 2 unspecified atom stereocenters. The molecule has 0 radical (unpaired) electrons. The molecule has 156 valence electrons. The van der Waals surface area contributed by atoms with E-state index in [1.165, 1.54) is 0 Å². The molecule has 9 heteroatoms. The summed E-state index contributed by atoms with van der Waals surface area (Å²) in [6.45, 7) is 0. The summed E-state index contributed by atoms with van der Waals surface area (Å²) in [6, 6.07) is 3.93. The van der Waals surface area contributed by atoms with E-state index in [2.05, 4.69) is 20.4 Å². The van der Waals surface area contributed by atoms with Gasteiger partial charge in [0.2, 0.25) is 0 Å². The lowest BCUT2D eigenvalue weighted by molar-refractivity contribution is 0.0438. The van der Waals surface area contributed by atoms with E-state index in [4.69, 9.17) is 10.2 Å². The highest BCUT2D eigenvalue weighted by Gasteiger charge is 2.33. The van der Waals surface area contributed by atoms with E-state index in [9.17, 15) is 10.2 Å². The third kappa shape index (κ3) is 2.93. The highest BCUT2D eigenvalue weighted by Crippen LogP contribution is 2.40. The minimum Gasteiger partial charge on any atom is -0.452 e. The standard InChI is InChI=1S/C22H19N5O3S/c23-22-21-14(5-19(30-21)16-10-31-20-8-24-2-1-13(16)20)15(7-25-22)11-6-26-27(9-11)12-3-17(28)18(29)4-12/h1-2,5-10,12,17-18,28-29H,3-4H2,(H2,23,25). The first-order valence-electron chi connectivity index (χ1n) is 9.99. The van der Waals surface area contributed by atoms with Crippen molar-refractivity contribution in [2.45, 2.75) is 31.1 Å². The van der Waals surface area contributed by atoms with Crippen LogP contribution in [0, 0.1) is 0 Å². The highest BCUT2D eigenvalue weighted by atomic mass is 32.1. The number of thiophene rings is 1. The first-order valence-corrected chi connectivity index (χ1v) is 10.9. The lowest BCUT2D eigenvalue weighted by atomic mass is 10.1. The zero-order valence-electron chi connectivity index (χ0n) is 16.3. The smallest absolute Gasteiger partial charge is 0.177 e. The number of pyridine rings is 2. The maximum absolute atomic E-state index is 9.86. The Morgan fingerprint density at radius 1 is 1.10 bits per heavy atom. The van der Waals surface area contributed by atoms with Gasteiger partial charge in [0.15, 0.2) is 11.4 Å². The van der Waals surface area contributed by atoms with Crippen molar-refractivity contribution in [1.82, 2.24) is 19.7 Å². The van der Waals surface area contributed by atoms with E-state index in [1.807, 2.05) is 24.5 Å². The molecule has 1 aliphatic rings. The molecule has 6 rings (SSSR count). The Kier molecular flexibility index (Phi) is 4.10. The summed E-state index contributed by atoms with van der Waals surface area (Å²) in [5.74, 6) is 1.06. The van der Waals surface area contributed by atoms with Crippen LogP contribution in [0.5, 0.6) is 0 Å². The fourth-order valence-electron chi connectivity index (χ4n) is 4.34. The third-order valence-electron chi connectivity index (χ3n) is 5.99. The van der Waals surface area contributed by atoms with E-state index in [-0.39, 0.29) is 6.04 Å². The molecule has 5 heterocycles. The first kappa shape index (κ1) is 18.5. The van der Waals surface area contributed by atoms with Gasteiger partial charge >= 0.3 is 0 Å². The van der Waals surface area contributed by atoms with Crippen molar-refractivity contribution in [2.24, 2.45) is 0 Å². The molecule has 1 fully saturated rings. The molecule has 0 bridgehead atoms. The van der Waals surface area contributed by atoms with Crippen LogP contribution in [0.15, 0.2) is 52.9 Å². The van der Waals surface area contributed by atoms with Crippen molar-refractivity contribution in [2.75, 3.05) is 5.73 Å². The van der Waals surface area contributed by atoms with Gasteiger partial charge in [-0.25, -0.2) is 4.98 Å². The van der Waals surface area contributed by atoms with Crippen LogP contribution in [0.2, 0.25) is 0 Å². The average Bonchev–Trinajstić information content (AvgIpc) is 3.54. The van der Waals surface area contributed by atoms with Gasteiger partial charge in [-0.15, -0.1) is 11.3 Å². The molecular weight excluding hydrogens is 414 g/mol. The van der Waals surface area contributed by atoms with Crippen molar-refractivity contribution in [3.63, 3.8) is 0 Å². The van der Waals surface area contributed by atoms with E-state index >= 15 is 0 Å². The molecule has 0 aromatic carbocycles. The Morgan fingerprint density at radius 2 is 1.94 bits per heavy atom. The number of nitrogens with zero attached hydrogens (tertiary/aromatic N) is 4. The quantitative estimate of drug-likeness (QED) is 0.397. The van der Waals surface area contributed by atoms with Gasteiger partial charge in [-0.05, 0) is 25.0 Å². The Morgan fingerprint density at radius 3 is 2.77 bits per heavy atom. The summed E-state index contributed by atoms with van der Waals surface area (Å²) in [4.78, 5) is 8.52. The fraction of sp³-hybridized carbons (Fsp3) is 0.227. The van der Waals surface area contributed by atoms with Gasteiger partial charge in [0, 0.05) is 57.6 Å². The van der Waals surface area contributed by atoms with Crippen LogP contribution >= 0.6 is 11.3 Å². The molecule has 1 saturated carbocycles. The highest BCUT2D eigenvalue weighted by molar-refractivity contribution is 7.17.